The molecule has 4 heterocycles. The summed E-state index contributed by atoms with van der Waals surface area (Å²) in [4.78, 5) is 17.9. The minimum absolute atomic E-state index is 0.273. The first-order valence-electron chi connectivity index (χ1n) is 11.6. The molecule has 0 bridgehead atoms. The van der Waals surface area contributed by atoms with E-state index in [1.54, 1.807) is 16.0 Å². The molecular weight excluding hydrogens is 434 g/mol. The monoisotopic (exact) mass is 461 g/mol. The zero-order chi connectivity index (χ0) is 22.4. The van der Waals surface area contributed by atoms with E-state index in [2.05, 4.69) is 42.1 Å². The van der Waals surface area contributed by atoms with E-state index in [1.165, 1.54) is 43.3 Å². The lowest BCUT2D eigenvalue weighted by Crippen LogP contribution is -2.40. The van der Waals surface area contributed by atoms with E-state index in [4.69, 9.17) is 10.7 Å². The zero-order valence-corrected chi connectivity index (χ0v) is 19.4. The van der Waals surface area contributed by atoms with Crippen molar-refractivity contribution in [3.8, 4) is 5.82 Å². The second kappa shape index (κ2) is 8.35. The molecule has 33 heavy (non-hydrogen) atoms. The summed E-state index contributed by atoms with van der Waals surface area (Å²) in [5, 5.41) is 13.8. The van der Waals surface area contributed by atoms with Crippen molar-refractivity contribution in [3.63, 3.8) is 0 Å². The van der Waals surface area contributed by atoms with Crippen LogP contribution in [0.15, 0.2) is 24.0 Å². The molecule has 170 valence electrons. The normalized spacial score (nSPS) is 18.6. The van der Waals surface area contributed by atoms with Crippen molar-refractivity contribution in [3.05, 3.63) is 40.8 Å². The standard InChI is InChI=1S/C23H27N9S/c1-13-11-33-20-19(13)26-12-27-21(20)32-22(24)30-23(31-32)29-17-9-14-8-16(6-7-18(14)25-10-17)28-15-4-2-3-5-15/h9-12,15-16,28H,2-8H2,1H3,(H3,24,29,30,31). The van der Waals surface area contributed by atoms with Gasteiger partial charge in [0, 0.05) is 17.8 Å². The fourth-order valence-corrected chi connectivity index (χ4v) is 6.00. The third kappa shape index (κ3) is 3.93. The molecule has 0 radical (unpaired) electrons. The van der Waals surface area contributed by atoms with E-state index in [-0.39, 0.29) is 5.95 Å². The van der Waals surface area contributed by atoms with E-state index in [1.807, 2.05) is 13.1 Å². The first-order chi connectivity index (χ1) is 16.1. The van der Waals surface area contributed by atoms with Crippen LogP contribution >= 0.6 is 11.3 Å². The van der Waals surface area contributed by atoms with E-state index >= 15 is 0 Å². The Kier molecular flexibility index (Phi) is 5.18. The van der Waals surface area contributed by atoms with Crippen molar-refractivity contribution in [2.45, 2.75) is 64.0 Å². The summed E-state index contributed by atoms with van der Waals surface area (Å²) < 4.78 is 2.50. The maximum atomic E-state index is 6.20. The number of aryl methyl sites for hydroxylation is 2. The van der Waals surface area contributed by atoms with Crippen molar-refractivity contribution in [2.24, 2.45) is 0 Å². The lowest BCUT2D eigenvalue weighted by atomic mass is 9.91. The van der Waals surface area contributed by atoms with Crippen molar-refractivity contribution < 1.29 is 0 Å². The van der Waals surface area contributed by atoms with Gasteiger partial charge in [-0.05, 0) is 61.6 Å². The molecule has 2 aliphatic carbocycles. The molecule has 0 amide bonds. The summed E-state index contributed by atoms with van der Waals surface area (Å²) in [5.41, 5.74) is 11.6. The Balaban J connectivity index is 1.22. The van der Waals surface area contributed by atoms with Crippen molar-refractivity contribution in [2.75, 3.05) is 11.1 Å². The van der Waals surface area contributed by atoms with Crippen LogP contribution in [0.25, 0.3) is 16.0 Å². The van der Waals surface area contributed by atoms with E-state index in [0.717, 1.165) is 40.7 Å². The molecule has 1 fully saturated rings. The van der Waals surface area contributed by atoms with Gasteiger partial charge in [-0.3, -0.25) is 4.98 Å². The van der Waals surface area contributed by atoms with E-state index < -0.39 is 0 Å². The highest BCUT2D eigenvalue weighted by Crippen LogP contribution is 2.30. The van der Waals surface area contributed by atoms with Gasteiger partial charge in [-0.1, -0.05) is 12.8 Å². The number of hydrogen-bond acceptors (Lipinski definition) is 9. The van der Waals surface area contributed by atoms with Crippen molar-refractivity contribution in [1.82, 2.24) is 35.0 Å². The average molecular weight is 462 g/mol. The number of rotatable bonds is 5. The van der Waals surface area contributed by atoms with Gasteiger partial charge < -0.3 is 16.4 Å². The van der Waals surface area contributed by atoms with Gasteiger partial charge in [-0.2, -0.15) is 9.67 Å². The van der Waals surface area contributed by atoms with Crippen LogP contribution in [0.2, 0.25) is 0 Å². The number of thiophene rings is 1. The minimum Gasteiger partial charge on any atom is -0.368 e. The Bertz CT molecular complexity index is 1300. The van der Waals surface area contributed by atoms with Gasteiger partial charge >= 0.3 is 0 Å². The van der Waals surface area contributed by atoms with Gasteiger partial charge in [0.05, 0.1) is 22.1 Å². The number of anilines is 3. The van der Waals surface area contributed by atoms with Crippen LogP contribution in [-0.4, -0.2) is 41.8 Å². The first-order valence-corrected chi connectivity index (χ1v) is 12.4. The smallest absolute Gasteiger partial charge is 0.248 e. The fourth-order valence-electron chi connectivity index (χ4n) is 5.03. The van der Waals surface area contributed by atoms with Crippen LogP contribution in [0.3, 0.4) is 0 Å². The van der Waals surface area contributed by atoms with Gasteiger partial charge in [0.15, 0.2) is 5.82 Å². The Labute approximate surface area is 195 Å². The number of hydrogen-bond donors (Lipinski definition) is 3. The van der Waals surface area contributed by atoms with Gasteiger partial charge in [0.2, 0.25) is 11.9 Å². The molecule has 4 N–H and O–H groups in total. The van der Waals surface area contributed by atoms with Crippen molar-refractivity contribution in [1.29, 1.82) is 0 Å². The summed E-state index contributed by atoms with van der Waals surface area (Å²) in [5.74, 6) is 1.33. The summed E-state index contributed by atoms with van der Waals surface area (Å²) in [6.45, 7) is 2.03. The van der Waals surface area contributed by atoms with Gasteiger partial charge in [-0.15, -0.1) is 16.4 Å². The predicted octanol–water partition coefficient (Wildman–Crippen LogP) is 3.69. The minimum atomic E-state index is 0.273. The number of nitrogens with zero attached hydrogens (tertiary/aromatic N) is 6. The molecule has 9 nitrogen and oxygen atoms in total. The highest BCUT2D eigenvalue weighted by atomic mass is 32.1. The number of pyridine rings is 1. The third-order valence-electron chi connectivity index (χ3n) is 6.68. The summed E-state index contributed by atoms with van der Waals surface area (Å²) in [7, 11) is 0. The molecule has 4 aromatic rings. The number of aromatic nitrogens is 6. The number of nitrogens with one attached hydrogen (secondary N) is 2. The van der Waals surface area contributed by atoms with Gasteiger partial charge in [0.25, 0.3) is 0 Å². The number of fused-ring (bicyclic) bond motifs is 2. The second-order valence-corrected chi connectivity index (χ2v) is 9.92. The molecule has 0 spiro atoms. The molecule has 1 saturated carbocycles. The quantitative estimate of drug-likeness (QED) is 0.412. The van der Waals surface area contributed by atoms with Crippen LogP contribution in [-0.2, 0) is 12.8 Å². The molecule has 0 aliphatic heterocycles. The van der Waals surface area contributed by atoms with E-state index in [9.17, 15) is 0 Å². The Morgan fingerprint density at radius 1 is 1.12 bits per heavy atom. The molecule has 6 rings (SSSR count). The summed E-state index contributed by atoms with van der Waals surface area (Å²) in [6.07, 6.45) is 11.9. The lowest BCUT2D eigenvalue weighted by Gasteiger charge is -2.28. The molecule has 0 aromatic carbocycles. The van der Waals surface area contributed by atoms with Gasteiger partial charge in [-0.25, -0.2) is 9.97 Å². The largest absolute Gasteiger partial charge is 0.368 e. The summed E-state index contributed by atoms with van der Waals surface area (Å²) in [6, 6.07) is 3.38. The number of nitrogen functional groups attached to an aromatic ring is 1. The SMILES string of the molecule is Cc1csc2c(-n3nc(Nc4cnc5c(c4)CC(NC4CCCC4)CC5)nc3N)ncnc12. The Morgan fingerprint density at radius 2 is 2.00 bits per heavy atom. The van der Waals surface area contributed by atoms with Gasteiger partial charge in [0.1, 0.15) is 6.33 Å². The maximum absolute atomic E-state index is 6.20. The Hall–Kier alpha value is -3.11. The molecule has 10 heteroatoms. The highest BCUT2D eigenvalue weighted by Gasteiger charge is 2.24. The molecule has 1 atom stereocenters. The second-order valence-electron chi connectivity index (χ2n) is 9.04. The maximum Gasteiger partial charge on any atom is 0.248 e. The fraction of sp³-hybridized carbons (Fsp3) is 0.435. The third-order valence-corrected chi connectivity index (χ3v) is 7.77. The van der Waals surface area contributed by atoms with Crippen LogP contribution in [0.1, 0.15) is 48.9 Å². The van der Waals surface area contributed by atoms with E-state index in [0.29, 0.717) is 23.8 Å². The molecule has 2 aliphatic rings. The molecule has 1 unspecified atom stereocenters. The summed E-state index contributed by atoms with van der Waals surface area (Å²) >= 11 is 1.58. The molecular formula is C23H27N9S. The lowest BCUT2D eigenvalue weighted by molar-refractivity contribution is 0.393. The molecule has 4 aromatic heterocycles. The zero-order valence-electron chi connectivity index (χ0n) is 18.6. The molecule has 0 saturated heterocycles. The van der Waals surface area contributed by atoms with Crippen molar-refractivity contribution >= 4 is 39.1 Å². The topological polar surface area (TPSA) is 119 Å². The predicted molar refractivity (Wildman–Crippen MR) is 130 cm³/mol. The number of nitrogens with two attached hydrogens (primary N) is 1. The van der Waals surface area contributed by atoms with Crippen LogP contribution < -0.4 is 16.4 Å². The average Bonchev–Trinajstić information content (AvgIpc) is 3.55. The van der Waals surface area contributed by atoms with Crippen LogP contribution in [0, 0.1) is 6.92 Å². The highest BCUT2D eigenvalue weighted by molar-refractivity contribution is 7.17. The first kappa shape index (κ1) is 20.5. The van der Waals surface area contributed by atoms with Crippen LogP contribution in [0.4, 0.5) is 17.6 Å². The Morgan fingerprint density at radius 3 is 2.88 bits per heavy atom. The van der Waals surface area contributed by atoms with Crippen LogP contribution in [0.5, 0.6) is 0 Å².